The van der Waals surface area contributed by atoms with Crippen LogP contribution >= 0.6 is 0 Å². The van der Waals surface area contributed by atoms with Crippen molar-refractivity contribution in [3.63, 3.8) is 0 Å². The highest BCUT2D eigenvalue weighted by atomic mass is 16.3. The fourth-order valence-electron chi connectivity index (χ4n) is 4.64. The topological polar surface area (TPSA) is 66.4 Å². The fraction of sp³-hybridized carbons (Fsp3) is 0.500. The van der Waals surface area contributed by atoms with E-state index in [9.17, 15) is 14.7 Å². The third-order valence-electron chi connectivity index (χ3n) is 6.33. The van der Waals surface area contributed by atoms with Crippen molar-refractivity contribution in [3.8, 4) is 0 Å². The van der Waals surface area contributed by atoms with Gasteiger partial charge in [0.15, 0.2) is 5.78 Å². The van der Waals surface area contributed by atoms with Gasteiger partial charge in [-0.3, -0.25) is 9.59 Å². The Morgan fingerprint density at radius 2 is 2.04 bits per heavy atom. The number of nitrogens with one attached hydrogen (secondary N) is 1. The second kappa shape index (κ2) is 5.55. The molecule has 0 aromatic heterocycles. The van der Waals surface area contributed by atoms with E-state index in [0.717, 1.165) is 5.56 Å². The molecule has 2 aliphatic carbocycles. The Morgan fingerprint density at radius 3 is 2.67 bits per heavy atom. The van der Waals surface area contributed by atoms with E-state index in [4.69, 9.17) is 0 Å². The van der Waals surface area contributed by atoms with Crippen LogP contribution in [0.25, 0.3) is 0 Å². The van der Waals surface area contributed by atoms with Gasteiger partial charge < -0.3 is 10.4 Å². The molecule has 1 aromatic rings. The van der Waals surface area contributed by atoms with Gasteiger partial charge in [-0.25, -0.2) is 0 Å². The number of aliphatic hydroxyl groups excluding tert-OH is 1. The van der Waals surface area contributed by atoms with Gasteiger partial charge in [0.05, 0.1) is 11.8 Å². The second-order valence-electron chi connectivity index (χ2n) is 7.95. The van der Waals surface area contributed by atoms with Gasteiger partial charge >= 0.3 is 0 Å². The first-order valence-corrected chi connectivity index (χ1v) is 8.46. The highest BCUT2D eigenvalue weighted by Gasteiger charge is 2.54. The highest BCUT2D eigenvalue weighted by molar-refractivity contribution is 6.07. The number of carbonyl (C=O) groups excluding carboxylic acids is 2. The smallest absolute Gasteiger partial charge is 0.211 e. The number of Topliss-reactive ketones (excluding diaryl/α,β-unsaturated/α-hetero) is 1. The summed E-state index contributed by atoms with van der Waals surface area (Å²) in [5.74, 6) is -0.0280. The van der Waals surface area contributed by atoms with E-state index in [1.54, 1.807) is 12.1 Å². The predicted molar refractivity (Wildman–Crippen MR) is 94.0 cm³/mol. The van der Waals surface area contributed by atoms with Gasteiger partial charge in [-0.2, -0.15) is 0 Å². The minimum Gasteiger partial charge on any atom is -0.392 e. The number of fused-ring (bicyclic) bond motifs is 2. The summed E-state index contributed by atoms with van der Waals surface area (Å²) in [6.45, 7) is 10.1. The molecule has 4 heteroatoms. The SMILES string of the molecule is C=CC1(C)CC2C(=O)c3c(NC=O)cccc3C(C)(C)C2CC1O. The number of hydrogen-bond donors (Lipinski definition) is 2. The quantitative estimate of drug-likeness (QED) is 0.661. The summed E-state index contributed by atoms with van der Waals surface area (Å²) in [5.41, 5.74) is 1.44. The molecule has 2 aliphatic rings. The third kappa shape index (κ3) is 2.24. The Balaban J connectivity index is 2.16. The summed E-state index contributed by atoms with van der Waals surface area (Å²) in [6, 6.07) is 5.60. The molecular formula is C20H25NO3. The zero-order valence-electron chi connectivity index (χ0n) is 14.5. The average molecular weight is 327 g/mol. The minimum atomic E-state index is -0.499. The molecule has 1 amide bonds. The summed E-state index contributed by atoms with van der Waals surface area (Å²) in [7, 11) is 0. The van der Waals surface area contributed by atoms with Gasteiger partial charge in [0.25, 0.3) is 0 Å². The molecule has 24 heavy (non-hydrogen) atoms. The van der Waals surface area contributed by atoms with Crippen molar-refractivity contribution in [2.45, 2.75) is 45.1 Å². The number of hydrogen-bond acceptors (Lipinski definition) is 3. The first-order chi connectivity index (χ1) is 11.3. The normalized spacial score (nSPS) is 34.0. The number of amides is 1. The standard InChI is InChI=1S/C20H25NO3/c1-5-20(4)10-12-14(9-16(20)23)19(2,3)13-7-6-8-15(21-11-22)17(13)18(12)24/h5-8,11-12,14,16,23H,1,9-10H2,2-4H3,(H,21,22). The van der Waals surface area contributed by atoms with Crippen LogP contribution < -0.4 is 5.32 Å². The molecule has 2 N–H and O–H groups in total. The van der Waals surface area contributed by atoms with Crippen molar-refractivity contribution in [1.82, 2.24) is 0 Å². The van der Waals surface area contributed by atoms with Crippen molar-refractivity contribution < 1.29 is 14.7 Å². The lowest BCUT2D eigenvalue weighted by Gasteiger charge is -2.52. The number of aliphatic hydroxyl groups is 1. The molecule has 0 heterocycles. The lowest BCUT2D eigenvalue weighted by Crippen LogP contribution is -2.53. The minimum absolute atomic E-state index is 0.0688. The van der Waals surface area contributed by atoms with Crippen LogP contribution in [0.5, 0.6) is 0 Å². The lowest BCUT2D eigenvalue weighted by molar-refractivity contribution is -0.105. The van der Waals surface area contributed by atoms with Crippen LogP contribution in [0.3, 0.4) is 0 Å². The van der Waals surface area contributed by atoms with Gasteiger partial charge in [-0.05, 0) is 35.8 Å². The van der Waals surface area contributed by atoms with Crippen molar-refractivity contribution in [2.24, 2.45) is 17.3 Å². The molecule has 0 spiro atoms. The zero-order chi connectivity index (χ0) is 17.7. The molecule has 0 bridgehead atoms. The van der Waals surface area contributed by atoms with Crippen molar-refractivity contribution in [3.05, 3.63) is 42.0 Å². The van der Waals surface area contributed by atoms with E-state index >= 15 is 0 Å². The number of benzene rings is 1. The maximum absolute atomic E-state index is 13.3. The van der Waals surface area contributed by atoms with Crippen molar-refractivity contribution >= 4 is 17.9 Å². The highest BCUT2D eigenvalue weighted by Crippen LogP contribution is 2.55. The van der Waals surface area contributed by atoms with Crippen LogP contribution in [-0.2, 0) is 10.2 Å². The predicted octanol–water partition coefficient (Wildman–Crippen LogP) is 3.31. The molecular weight excluding hydrogens is 302 g/mol. The Hall–Kier alpha value is -1.94. The van der Waals surface area contributed by atoms with Gasteiger partial charge in [0.1, 0.15) is 0 Å². The average Bonchev–Trinajstić information content (AvgIpc) is 2.55. The van der Waals surface area contributed by atoms with Gasteiger partial charge in [-0.15, -0.1) is 6.58 Å². The monoisotopic (exact) mass is 327 g/mol. The van der Waals surface area contributed by atoms with Crippen LogP contribution in [0.15, 0.2) is 30.9 Å². The van der Waals surface area contributed by atoms with E-state index in [2.05, 4.69) is 25.7 Å². The molecule has 0 aliphatic heterocycles. The molecule has 0 saturated heterocycles. The molecule has 128 valence electrons. The maximum atomic E-state index is 13.3. The van der Waals surface area contributed by atoms with E-state index in [1.807, 2.05) is 19.1 Å². The van der Waals surface area contributed by atoms with E-state index in [1.165, 1.54) is 0 Å². The van der Waals surface area contributed by atoms with Crippen LogP contribution in [0.2, 0.25) is 0 Å². The number of rotatable bonds is 3. The lowest BCUT2D eigenvalue weighted by atomic mass is 9.51. The van der Waals surface area contributed by atoms with E-state index < -0.39 is 11.5 Å². The third-order valence-corrected chi connectivity index (χ3v) is 6.33. The summed E-state index contributed by atoms with van der Waals surface area (Å²) in [6.07, 6.45) is 3.05. The Bertz CT molecular complexity index is 709. The first-order valence-electron chi connectivity index (χ1n) is 8.46. The molecule has 4 nitrogen and oxygen atoms in total. The van der Waals surface area contributed by atoms with Crippen LogP contribution in [0.4, 0.5) is 5.69 Å². The summed E-state index contributed by atoms with van der Waals surface area (Å²) in [5, 5.41) is 13.3. The largest absolute Gasteiger partial charge is 0.392 e. The van der Waals surface area contributed by atoms with Crippen LogP contribution in [0.1, 0.15) is 49.5 Å². The summed E-state index contributed by atoms with van der Waals surface area (Å²) < 4.78 is 0. The van der Waals surface area contributed by atoms with E-state index in [-0.39, 0.29) is 23.0 Å². The molecule has 4 atom stereocenters. The Labute approximate surface area is 143 Å². The van der Waals surface area contributed by atoms with Gasteiger partial charge in [0, 0.05) is 16.9 Å². The first kappa shape index (κ1) is 16.9. The Morgan fingerprint density at radius 1 is 1.33 bits per heavy atom. The molecule has 4 unspecified atom stereocenters. The van der Waals surface area contributed by atoms with E-state index in [0.29, 0.717) is 30.5 Å². The van der Waals surface area contributed by atoms with Gasteiger partial charge in [-0.1, -0.05) is 39.0 Å². The maximum Gasteiger partial charge on any atom is 0.211 e. The summed E-state index contributed by atoms with van der Waals surface area (Å²) >= 11 is 0. The number of carbonyl (C=O) groups is 2. The molecule has 1 fully saturated rings. The molecule has 1 saturated carbocycles. The van der Waals surface area contributed by atoms with Gasteiger partial charge in [0.2, 0.25) is 6.41 Å². The molecule has 3 rings (SSSR count). The number of anilines is 1. The summed E-state index contributed by atoms with van der Waals surface area (Å²) in [4.78, 5) is 24.2. The number of ketones is 1. The Kier molecular flexibility index (Phi) is 3.91. The van der Waals surface area contributed by atoms with Crippen molar-refractivity contribution in [2.75, 3.05) is 5.32 Å². The fourth-order valence-corrected chi connectivity index (χ4v) is 4.64. The van der Waals surface area contributed by atoms with Crippen molar-refractivity contribution in [1.29, 1.82) is 0 Å². The zero-order valence-corrected chi connectivity index (χ0v) is 14.5. The second-order valence-corrected chi connectivity index (χ2v) is 7.95. The van der Waals surface area contributed by atoms with Crippen LogP contribution in [0, 0.1) is 17.3 Å². The molecule has 0 radical (unpaired) electrons. The molecule has 1 aromatic carbocycles. The van der Waals surface area contributed by atoms with Crippen LogP contribution in [-0.4, -0.2) is 23.4 Å².